The third kappa shape index (κ3) is 6.45. The van der Waals surface area contributed by atoms with Gasteiger partial charge in [-0.15, -0.1) is 0 Å². The molecule has 7 heteroatoms. The molecular weight excluding hydrogens is 324 g/mol. The van der Waals surface area contributed by atoms with Crippen LogP contribution in [0.4, 0.5) is 0 Å². The minimum absolute atomic E-state index is 0.0512. The van der Waals surface area contributed by atoms with E-state index in [0.29, 0.717) is 32.8 Å². The second-order valence-electron chi connectivity index (χ2n) is 6.31. The zero-order valence-corrected chi connectivity index (χ0v) is 14.8. The molecular formula is C18H26N2O5. The van der Waals surface area contributed by atoms with Gasteiger partial charge in [-0.05, 0) is 19.5 Å². The lowest BCUT2D eigenvalue weighted by Gasteiger charge is -2.35. The molecule has 138 valence electrons. The Morgan fingerprint density at radius 3 is 2.80 bits per heavy atom. The maximum atomic E-state index is 12.6. The number of carboxylic acids is 1. The van der Waals surface area contributed by atoms with Crippen LogP contribution in [0.5, 0.6) is 0 Å². The molecule has 2 rings (SSSR count). The predicted octanol–water partition coefficient (Wildman–Crippen LogP) is 0.836. The van der Waals surface area contributed by atoms with E-state index >= 15 is 0 Å². The highest BCUT2D eigenvalue weighted by molar-refractivity contribution is 5.80. The molecule has 1 saturated heterocycles. The Balaban J connectivity index is 1.80. The number of hydrogen-bond donors (Lipinski definition) is 1. The normalized spacial score (nSPS) is 19.0. The van der Waals surface area contributed by atoms with E-state index in [0.717, 1.165) is 5.56 Å². The lowest BCUT2D eigenvalue weighted by molar-refractivity contribution is -0.152. The Labute approximate surface area is 148 Å². The molecule has 25 heavy (non-hydrogen) atoms. The Kier molecular flexibility index (Phi) is 7.36. The Bertz CT molecular complexity index is 566. The lowest BCUT2D eigenvalue weighted by Crippen LogP contribution is -2.52. The van der Waals surface area contributed by atoms with Crippen LogP contribution in [0.25, 0.3) is 0 Å². The number of nitrogens with zero attached hydrogens (tertiary/aromatic N) is 2. The van der Waals surface area contributed by atoms with Gasteiger partial charge in [0, 0.05) is 19.6 Å². The van der Waals surface area contributed by atoms with Crippen LogP contribution in [0.2, 0.25) is 0 Å². The van der Waals surface area contributed by atoms with Gasteiger partial charge in [-0.25, -0.2) is 0 Å². The minimum atomic E-state index is -0.880. The molecule has 1 fully saturated rings. The number of likely N-dealkylation sites (N-methyl/N-ethyl adjacent to an activating group) is 1. The van der Waals surface area contributed by atoms with Gasteiger partial charge in [0.05, 0.1) is 25.9 Å². The molecule has 0 aromatic heterocycles. The zero-order chi connectivity index (χ0) is 18.2. The van der Waals surface area contributed by atoms with Crippen molar-refractivity contribution in [3.63, 3.8) is 0 Å². The van der Waals surface area contributed by atoms with Gasteiger partial charge < -0.3 is 19.5 Å². The summed E-state index contributed by atoms with van der Waals surface area (Å²) in [5.74, 6) is -0.945. The zero-order valence-electron chi connectivity index (χ0n) is 14.8. The van der Waals surface area contributed by atoms with E-state index in [9.17, 15) is 9.59 Å². The van der Waals surface area contributed by atoms with Crippen LogP contribution in [-0.4, -0.2) is 78.8 Å². The van der Waals surface area contributed by atoms with Gasteiger partial charge in [-0.2, -0.15) is 0 Å². The van der Waals surface area contributed by atoms with Crippen LogP contribution in [0, 0.1) is 0 Å². The van der Waals surface area contributed by atoms with Gasteiger partial charge in [-0.1, -0.05) is 30.3 Å². The van der Waals surface area contributed by atoms with Crippen molar-refractivity contribution in [2.45, 2.75) is 25.7 Å². The summed E-state index contributed by atoms with van der Waals surface area (Å²) in [5, 5.41) is 8.82. The van der Waals surface area contributed by atoms with Crippen molar-refractivity contribution >= 4 is 11.9 Å². The standard InChI is InChI=1S/C18H26N2O5/c1-14(25-13-15-6-4-3-5-7-15)18(23)20-8-9-24-16(11-20)10-19(2)12-17(21)22/h3-7,14,16H,8-13H2,1-2H3,(H,21,22). The molecule has 1 heterocycles. The summed E-state index contributed by atoms with van der Waals surface area (Å²) >= 11 is 0. The summed E-state index contributed by atoms with van der Waals surface area (Å²) < 4.78 is 11.3. The van der Waals surface area contributed by atoms with Gasteiger partial charge in [-0.3, -0.25) is 14.5 Å². The maximum absolute atomic E-state index is 12.6. The highest BCUT2D eigenvalue weighted by atomic mass is 16.5. The topological polar surface area (TPSA) is 79.3 Å². The van der Waals surface area contributed by atoms with E-state index < -0.39 is 12.1 Å². The molecule has 0 radical (unpaired) electrons. The average molecular weight is 350 g/mol. The molecule has 1 amide bonds. The third-order valence-corrected chi connectivity index (χ3v) is 4.06. The van der Waals surface area contributed by atoms with Crippen molar-refractivity contribution in [1.29, 1.82) is 0 Å². The van der Waals surface area contributed by atoms with E-state index in [1.807, 2.05) is 30.3 Å². The highest BCUT2D eigenvalue weighted by Crippen LogP contribution is 2.11. The number of amides is 1. The van der Waals surface area contributed by atoms with E-state index in [1.165, 1.54) is 0 Å². The summed E-state index contributed by atoms with van der Waals surface area (Å²) in [6.45, 7) is 3.98. The number of carbonyl (C=O) groups is 2. The van der Waals surface area contributed by atoms with Crippen molar-refractivity contribution in [2.24, 2.45) is 0 Å². The molecule has 1 aromatic rings. The van der Waals surface area contributed by atoms with Crippen LogP contribution >= 0.6 is 0 Å². The van der Waals surface area contributed by atoms with Crippen molar-refractivity contribution < 1.29 is 24.2 Å². The Morgan fingerprint density at radius 1 is 1.40 bits per heavy atom. The summed E-state index contributed by atoms with van der Waals surface area (Å²) in [6.07, 6.45) is -0.723. The number of carboxylic acid groups (broad SMARTS) is 1. The van der Waals surface area contributed by atoms with Crippen LogP contribution in [0.1, 0.15) is 12.5 Å². The lowest BCUT2D eigenvalue weighted by atomic mass is 10.2. The SMILES string of the molecule is CC(OCc1ccccc1)C(=O)N1CCOC(CN(C)CC(=O)O)C1. The molecule has 1 aromatic carbocycles. The first-order chi connectivity index (χ1) is 12.0. The second-order valence-corrected chi connectivity index (χ2v) is 6.31. The van der Waals surface area contributed by atoms with Crippen LogP contribution < -0.4 is 0 Å². The molecule has 1 N–H and O–H groups in total. The monoisotopic (exact) mass is 350 g/mol. The number of hydrogen-bond acceptors (Lipinski definition) is 5. The number of carbonyl (C=O) groups excluding carboxylic acids is 1. The summed E-state index contributed by atoms with van der Waals surface area (Å²) in [5.41, 5.74) is 1.03. The largest absolute Gasteiger partial charge is 0.480 e. The number of rotatable bonds is 8. The summed E-state index contributed by atoms with van der Waals surface area (Å²) in [4.78, 5) is 26.7. The quantitative estimate of drug-likeness (QED) is 0.748. The van der Waals surface area contributed by atoms with Gasteiger partial charge in [0.15, 0.2) is 0 Å². The molecule has 0 aliphatic carbocycles. The van der Waals surface area contributed by atoms with Gasteiger partial charge >= 0.3 is 5.97 Å². The summed E-state index contributed by atoms with van der Waals surface area (Å²) in [7, 11) is 1.73. The molecule has 0 spiro atoms. The Morgan fingerprint density at radius 2 is 2.12 bits per heavy atom. The first kappa shape index (κ1) is 19.4. The molecule has 0 saturated carbocycles. The van der Waals surface area contributed by atoms with Gasteiger partial charge in [0.2, 0.25) is 0 Å². The molecule has 2 atom stereocenters. The van der Waals surface area contributed by atoms with E-state index in [2.05, 4.69) is 0 Å². The number of aliphatic carboxylic acids is 1. The van der Waals surface area contributed by atoms with Gasteiger partial charge in [0.1, 0.15) is 6.10 Å². The molecule has 1 aliphatic heterocycles. The fraction of sp³-hybridized carbons (Fsp3) is 0.556. The third-order valence-electron chi connectivity index (χ3n) is 4.06. The fourth-order valence-electron chi connectivity index (χ4n) is 2.80. The first-order valence-corrected chi connectivity index (χ1v) is 8.42. The van der Waals surface area contributed by atoms with Crippen molar-refractivity contribution in [2.75, 3.05) is 39.8 Å². The van der Waals surface area contributed by atoms with Gasteiger partial charge in [0.25, 0.3) is 5.91 Å². The minimum Gasteiger partial charge on any atom is -0.480 e. The highest BCUT2D eigenvalue weighted by Gasteiger charge is 2.28. The van der Waals surface area contributed by atoms with Crippen LogP contribution in [0.15, 0.2) is 30.3 Å². The van der Waals surface area contributed by atoms with Crippen LogP contribution in [0.3, 0.4) is 0 Å². The fourth-order valence-corrected chi connectivity index (χ4v) is 2.80. The number of ether oxygens (including phenoxy) is 2. The van der Waals surface area contributed by atoms with Crippen molar-refractivity contribution in [1.82, 2.24) is 9.80 Å². The Hall–Kier alpha value is -1.96. The molecule has 0 bridgehead atoms. The van der Waals surface area contributed by atoms with Crippen molar-refractivity contribution in [3.05, 3.63) is 35.9 Å². The number of morpholine rings is 1. The predicted molar refractivity (Wildman–Crippen MR) is 92.1 cm³/mol. The van der Waals surface area contributed by atoms with E-state index in [4.69, 9.17) is 14.6 Å². The number of benzene rings is 1. The second kappa shape index (κ2) is 9.50. The van der Waals surface area contributed by atoms with E-state index in [1.54, 1.807) is 23.8 Å². The molecule has 1 aliphatic rings. The first-order valence-electron chi connectivity index (χ1n) is 8.42. The summed E-state index contributed by atoms with van der Waals surface area (Å²) in [6, 6.07) is 9.73. The molecule has 2 unspecified atom stereocenters. The van der Waals surface area contributed by atoms with Crippen molar-refractivity contribution in [3.8, 4) is 0 Å². The van der Waals surface area contributed by atoms with E-state index in [-0.39, 0.29) is 18.6 Å². The van der Waals surface area contributed by atoms with Crippen LogP contribution in [-0.2, 0) is 25.7 Å². The maximum Gasteiger partial charge on any atom is 0.317 e. The average Bonchev–Trinajstić information content (AvgIpc) is 2.59. The molecule has 7 nitrogen and oxygen atoms in total. The smallest absolute Gasteiger partial charge is 0.317 e.